The minimum absolute atomic E-state index is 0.0583. The van der Waals surface area contributed by atoms with Crippen molar-refractivity contribution < 1.29 is 18.0 Å². The van der Waals surface area contributed by atoms with Gasteiger partial charge in [-0.05, 0) is 30.3 Å². The third-order valence-corrected chi connectivity index (χ3v) is 2.91. The Morgan fingerprint density at radius 2 is 1.95 bits per heavy atom. The summed E-state index contributed by atoms with van der Waals surface area (Å²) in [5.41, 5.74) is -0.487. The van der Waals surface area contributed by atoms with E-state index < -0.39 is 17.6 Å². The molecule has 104 valence electrons. The Bertz CT molecular complexity index is 626. The summed E-state index contributed by atoms with van der Waals surface area (Å²) in [6.07, 6.45) is -3.77. The molecule has 0 saturated carbocycles. The first-order chi connectivity index (χ1) is 9.36. The Labute approximate surface area is 121 Å². The lowest BCUT2D eigenvalue weighted by Gasteiger charge is -2.08. The van der Waals surface area contributed by atoms with Gasteiger partial charge in [0, 0.05) is 16.2 Å². The smallest absolute Gasteiger partial charge is 0.307 e. The molecule has 0 aliphatic heterocycles. The maximum absolute atomic E-state index is 12.4. The summed E-state index contributed by atoms with van der Waals surface area (Å²) in [7, 11) is 0. The topological polar surface area (TPSA) is 42.0 Å². The zero-order valence-electron chi connectivity index (χ0n) is 9.91. The second-order valence-corrected chi connectivity index (χ2v) is 4.81. The van der Waals surface area contributed by atoms with Gasteiger partial charge in [0.15, 0.2) is 0 Å². The molecule has 3 nitrogen and oxygen atoms in total. The SMILES string of the molecule is O=C(Nc1ccc(C(F)(F)F)cn1)c1cccc(Br)c1. The molecule has 0 atom stereocenters. The highest BCUT2D eigenvalue weighted by atomic mass is 79.9. The Hall–Kier alpha value is -1.89. The number of nitrogens with one attached hydrogen (secondary N) is 1. The third-order valence-electron chi connectivity index (χ3n) is 2.42. The largest absolute Gasteiger partial charge is 0.417 e. The number of carbonyl (C=O) groups excluding carboxylic acids is 1. The van der Waals surface area contributed by atoms with Crippen LogP contribution in [0.15, 0.2) is 47.1 Å². The van der Waals surface area contributed by atoms with Gasteiger partial charge in [0.25, 0.3) is 5.91 Å². The van der Waals surface area contributed by atoms with Gasteiger partial charge in [-0.2, -0.15) is 13.2 Å². The summed E-state index contributed by atoms with van der Waals surface area (Å²) in [6.45, 7) is 0. The molecular weight excluding hydrogens is 337 g/mol. The molecule has 1 aromatic heterocycles. The van der Waals surface area contributed by atoms with E-state index in [-0.39, 0.29) is 5.82 Å². The first-order valence-corrected chi connectivity index (χ1v) is 6.26. The van der Waals surface area contributed by atoms with Crippen LogP contribution in [0.2, 0.25) is 0 Å². The highest BCUT2D eigenvalue weighted by Crippen LogP contribution is 2.28. The van der Waals surface area contributed by atoms with Gasteiger partial charge in [0.05, 0.1) is 5.56 Å². The highest BCUT2D eigenvalue weighted by Gasteiger charge is 2.30. The van der Waals surface area contributed by atoms with Crippen LogP contribution in [0.3, 0.4) is 0 Å². The molecule has 1 N–H and O–H groups in total. The standard InChI is InChI=1S/C13H8BrF3N2O/c14-10-3-1-2-8(6-10)12(20)19-11-5-4-9(7-18-11)13(15,16)17/h1-7H,(H,18,19,20). The van der Waals surface area contributed by atoms with Crippen LogP contribution < -0.4 is 5.32 Å². The van der Waals surface area contributed by atoms with E-state index in [1.54, 1.807) is 24.3 Å². The van der Waals surface area contributed by atoms with Gasteiger partial charge in [-0.1, -0.05) is 22.0 Å². The van der Waals surface area contributed by atoms with Crippen LogP contribution in [0.4, 0.5) is 19.0 Å². The van der Waals surface area contributed by atoms with Gasteiger partial charge in [-0.15, -0.1) is 0 Å². The van der Waals surface area contributed by atoms with E-state index in [0.717, 1.165) is 16.6 Å². The van der Waals surface area contributed by atoms with Crippen molar-refractivity contribution in [2.24, 2.45) is 0 Å². The molecule has 0 saturated heterocycles. The molecule has 0 unspecified atom stereocenters. The van der Waals surface area contributed by atoms with E-state index in [0.29, 0.717) is 11.8 Å². The summed E-state index contributed by atoms with van der Waals surface area (Å²) in [5.74, 6) is -0.387. The Morgan fingerprint density at radius 1 is 1.20 bits per heavy atom. The van der Waals surface area contributed by atoms with E-state index >= 15 is 0 Å². The van der Waals surface area contributed by atoms with Gasteiger partial charge in [0.1, 0.15) is 5.82 Å². The number of alkyl halides is 3. The molecule has 7 heteroatoms. The number of nitrogens with zero attached hydrogens (tertiary/aromatic N) is 1. The number of rotatable bonds is 2. The van der Waals surface area contributed by atoms with E-state index in [1.165, 1.54) is 0 Å². The molecule has 2 rings (SSSR count). The molecule has 20 heavy (non-hydrogen) atoms. The number of carbonyl (C=O) groups is 1. The van der Waals surface area contributed by atoms with Crippen molar-refractivity contribution in [2.45, 2.75) is 6.18 Å². The van der Waals surface area contributed by atoms with Crippen LogP contribution in [0, 0.1) is 0 Å². The summed E-state index contributed by atoms with van der Waals surface area (Å²) in [5, 5.41) is 2.43. The Morgan fingerprint density at radius 3 is 2.50 bits per heavy atom. The van der Waals surface area contributed by atoms with E-state index in [4.69, 9.17) is 0 Å². The fourth-order valence-corrected chi connectivity index (χ4v) is 1.85. The van der Waals surface area contributed by atoms with Crippen LogP contribution in [-0.4, -0.2) is 10.9 Å². The van der Waals surface area contributed by atoms with Crippen LogP contribution in [0.1, 0.15) is 15.9 Å². The van der Waals surface area contributed by atoms with E-state index in [9.17, 15) is 18.0 Å². The molecule has 0 spiro atoms. The number of benzene rings is 1. The molecule has 2 aromatic rings. The predicted octanol–water partition coefficient (Wildman–Crippen LogP) is 4.12. The Balaban J connectivity index is 2.12. The number of amides is 1. The van der Waals surface area contributed by atoms with Gasteiger partial charge in [-0.3, -0.25) is 4.79 Å². The second kappa shape index (κ2) is 5.62. The maximum Gasteiger partial charge on any atom is 0.417 e. The van der Waals surface area contributed by atoms with Crippen molar-refractivity contribution in [3.63, 3.8) is 0 Å². The molecule has 0 aliphatic carbocycles. The van der Waals surface area contributed by atoms with E-state index in [1.807, 2.05) is 0 Å². The van der Waals surface area contributed by atoms with Crippen molar-refractivity contribution in [1.82, 2.24) is 4.98 Å². The third kappa shape index (κ3) is 3.57. The number of anilines is 1. The average Bonchev–Trinajstić information content (AvgIpc) is 2.38. The summed E-state index contributed by atoms with van der Waals surface area (Å²) >= 11 is 3.23. The molecule has 0 radical (unpaired) electrons. The number of hydrogen-bond acceptors (Lipinski definition) is 2. The number of hydrogen-bond donors (Lipinski definition) is 1. The minimum atomic E-state index is -4.44. The zero-order valence-corrected chi connectivity index (χ0v) is 11.5. The molecular formula is C13H8BrF3N2O. The van der Waals surface area contributed by atoms with Crippen LogP contribution in [0.25, 0.3) is 0 Å². The average molecular weight is 345 g/mol. The number of pyridine rings is 1. The molecule has 1 heterocycles. The van der Waals surface area contributed by atoms with Crippen LogP contribution >= 0.6 is 15.9 Å². The van der Waals surface area contributed by atoms with Gasteiger partial charge < -0.3 is 5.32 Å². The fraction of sp³-hybridized carbons (Fsp3) is 0.0769. The zero-order chi connectivity index (χ0) is 14.8. The van der Waals surface area contributed by atoms with Crippen LogP contribution in [-0.2, 0) is 6.18 Å². The van der Waals surface area contributed by atoms with Crippen LogP contribution in [0.5, 0.6) is 0 Å². The lowest BCUT2D eigenvalue weighted by Crippen LogP contribution is -2.13. The fourth-order valence-electron chi connectivity index (χ4n) is 1.45. The second-order valence-electron chi connectivity index (χ2n) is 3.89. The molecule has 0 bridgehead atoms. The Kier molecular flexibility index (Phi) is 4.08. The van der Waals surface area contributed by atoms with Crippen molar-refractivity contribution in [3.8, 4) is 0 Å². The van der Waals surface area contributed by atoms with Crippen molar-refractivity contribution in [2.75, 3.05) is 5.32 Å². The van der Waals surface area contributed by atoms with E-state index in [2.05, 4.69) is 26.2 Å². The quantitative estimate of drug-likeness (QED) is 0.890. The van der Waals surface area contributed by atoms with Gasteiger partial charge in [0.2, 0.25) is 0 Å². The highest BCUT2D eigenvalue weighted by molar-refractivity contribution is 9.10. The molecule has 0 aliphatic rings. The normalized spacial score (nSPS) is 11.2. The number of halogens is 4. The lowest BCUT2D eigenvalue weighted by molar-refractivity contribution is -0.137. The monoisotopic (exact) mass is 344 g/mol. The number of aromatic nitrogens is 1. The van der Waals surface area contributed by atoms with Crippen molar-refractivity contribution >= 4 is 27.7 Å². The van der Waals surface area contributed by atoms with Gasteiger partial charge in [-0.25, -0.2) is 4.98 Å². The summed E-state index contributed by atoms with van der Waals surface area (Å²) in [4.78, 5) is 15.4. The first-order valence-electron chi connectivity index (χ1n) is 5.46. The maximum atomic E-state index is 12.4. The summed E-state index contributed by atoms with van der Waals surface area (Å²) in [6, 6.07) is 8.60. The minimum Gasteiger partial charge on any atom is -0.307 e. The molecule has 1 amide bonds. The molecule has 0 fully saturated rings. The molecule has 1 aromatic carbocycles. The van der Waals surface area contributed by atoms with Crippen molar-refractivity contribution in [1.29, 1.82) is 0 Å². The van der Waals surface area contributed by atoms with Crippen molar-refractivity contribution in [3.05, 3.63) is 58.2 Å². The van der Waals surface area contributed by atoms with Gasteiger partial charge >= 0.3 is 6.18 Å². The lowest BCUT2D eigenvalue weighted by atomic mass is 10.2. The summed E-state index contributed by atoms with van der Waals surface area (Å²) < 4.78 is 37.8. The first kappa shape index (κ1) is 14.5. The predicted molar refractivity (Wildman–Crippen MR) is 71.3 cm³/mol.